The van der Waals surface area contributed by atoms with Gasteiger partial charge in [0.25, 0.3) is 0 Å². The molecule has 0 radical (unpaired) electrons. The van der Waals surface area contributed by atoms with Crippen LogP contribution in [0.1, 0.15) is 51.9 Å². The summed E-state index contributed by atoms with van der Waals surface area (Å²) in [6.45, 7) is 2.53. The smallest absolute Gasteiger partial charge is 0.0431 e. The van der Waals surface area contributed by atoms with Gasteiger partial charge in [0, 0.05) is 6.61 Å². The van der Waals surface area contributed by atoms with E-state index in [1.54, 1.807) is 0 Å². The maximum atomic E-state index is 8.29. The predicted octanol–water partition coefficient (Wildman–Crippen LogP) is 2.73. The second-order valence-electron chi connectivity index (χ2n) is 2.84. The van der Waals surface area contributed by atoms with Crippen molar-refractivity contribution < 1.29 is 5.11 Å². The molecule has 0 unspecified atom stereocenters. The molecule has 0 aromatic carbocycles. The zero-order valence-electron chi connectivity index (χ0n) is 7.10. The Labute approximate surface area is 64.5 Å². The van der Waals surface area contributed by atoms with E-state index >= 15 is 0 Å². The molecule has 0 heterocycles. The van der Waals surface area contributed by atoms with Crippen molar-refractivity contribution in [2.75, 3.05) is 6.61 Å². The van der Waals surface area contributed by atoms with Crippen LogP contribution in [0.3, 0.4) is 0 Å². The zero-order chi connectivity index (χ0) is 7.66. The lowest BCUT2D eigenvalue weighted by atomic mass is 10.2. The first-order valence-corrected chi connectivity index (χ1v) is 4.52. The van der Waals surface area contributed by atoms with E-state index in [4.69, 9.17) is 5.11 Å². The number of rotatable bonds is 4. The number of unbranched alkanes of at least 4 members (excludes halogenated alkanes) is 3. The molecule has 0 aromatic rings. The van der Waals surface area contributed by atoms with Gasteiger partial charge >= 0.3 is 0 Å². The van der Waals surface area contributed by atoms with Gasteiger partial charge in [-0.15, -0.1) is 0 Å². The van der Waals surface area contributed by atoms with Crippen molar-refractivity contribution in [3.63, 3.8) is 0 Å². The number of hydrogen-bond donors (Lipinski definition) is 1. The van der Waals surface area contributed by atoms with Crippen molar-refractivity contribution in [3.8, 4) is 0 Å². The molecule has 1 fully saturated rings. The molecule has 0 atom stereocenters. The van der Waals surface area contributed by atoms with Crippen LogP contribution in [0.4, 0.5) is 0 Å². The van der Waals surface area contributed by atoms with E-state index in [9.17, 15) is 0 Å². The van der Waals surface area contributed by atoms with Crippen LogP contribution in [0.2, 0.25) is 0 Å². The molecule has 1 heteroatoms. The Morgan fingerprint density at radius 3 is 1.90 bits per heavy atom. The Morgan fingerprint density at radius 1 is 1.00 bits per heavy atom. The second kappa shape index (κ2) is 8.96. The van der Waals surface area contributed by atoms with Crippen LogP contribution in [0, 0.1) is 0 Å². The highest BCUT2D eigenvalue weighted by molar-refractivity contribution is 4.50. The molecule has 0 spiro atoms. The third kappa shape index (κ3) is 15.7. The summed E-state index contributed by atoms with van der Waals surface area (Å²) in [4.78, 5) is 0. The summed E-state index contributed by atoms with van der Waals surface area (Å²) >= 11 is 0. The molecule has 0 aromatic heterocycles. The third-order valence-electron chi connectivity index (χ3n) is 1.37. The fraction of sp³-hybridized carbons (Fsp3) is 1.00. The van der Waals surface area contributed by atoms with Gasteiger partial charge < -0.3 is 5.11 Å². The van der Waals surface area contributed by atoms with Gasteiger partial charge in [-0.05, 0) is 6.42 Å². The van der Waals surface area contributed by atoms with Gasteiger partial charge in [0.05, 0.1) is 0 Å². The molecule has 0 aliphatic heterocycles. The largest absolute Gasteiger partial charge is 0.396 e. The highest BCUT2D eigenvalue weighted by Gasteiger charge is 1.95. The van der Waals surface area contributed by atoms with E-state index in [0.717, 1.165) is 6.42 Å². The first-order chi connectivity index (χ1) is 4.91. The van der Waals surface area contributed by atoms with E-state index in [1.165, 1.54) is 38.5 Å². The van der Waals surface area contributed by atoms with Crippen LogP contribution in [0.5, 0.6) is 0 Å². The summed E-state index contributed by atoms with van der Waals surface area (Å²) in [5, 5.41) is 8.29. The SMILES string of the molecule is C1CC1.CCCCCCO. The van der Waals surface area contributed by atoms with Crippen LogP contribution < -0.4 is 0 Å². The fourth-order valence-corrected chi connectivity index (χ4v) is 0.539. The van der Waals surface area contributed by atoms with Gasteiger partial charge in [0.2, 0.25) is 0 Å². The quantitative estimate of drug-likeness (QED) is 0.601. The average molecular weight is 144 g/mol. The predicted molar refractivity (Wildman–Crippen MR) is 45.1 cm³/mol. The molecular weight excluding hydrogens is 124 g/mol. The molecule has 1 aliphatic carbocycles. The van der Waals surface area contributed by atoms with Gasteiger partial charge in [-0.2, -0.15) is 0 Å². The van der Waals surface area contributed by atoms with Crippen LogP contribution in [0.25, 0.3) is 0 Å². The Morgan fingerprint density at radius 2 is 1.60 bits per heavy atom. The van der Waals surface area contributed by atoms with Gasteiger partial charge in [-0.25, -0.2) is 0 Å². The average Bonchev–Trinajstić information content (AvgIpc) is 2.73. The molecule has 10 heavy (non-hydrogen) atoms. The van der Waals surface area contributed by atoms with Crippen LogP contribution in [-0.2, 0) is 0 Å². The lowest BCUT2D eigenvalue weighted by molar-refractivity contribution is 0.283. The first-order valence-electron chi connectivity index (χ1n) is 4.52. The zero-order valence-corrected chi connectivity index (χ0v) is 7.10. The van der Waals surface area contributed by atoms with E-state index in [2.05, 4.69) is 6.92 Å². The molecule has 0 amide bonds. The van der Waals surface area contributed by atoms with Crippen LogP contribution in [-0.4, -0.2) is 11.7 Å². The molecule has 1 rings (SSSR count). The van der Waals surface area contributed by atoms with Crippen molar-refractivity contribution in [1.82, 2.24) is 0 Å². The number of aliphatic hydroxyl groups is 1. The molecule has 0 bridgehead atoms. The molecule has 1 saturated carbocycles. The van der Waals surface area contributed by atoms with Crippen molar-refractivity contribution in [1.29, 1.82) is 0 Å². The van der Waals surface area contributed by atoms with Crippen molar-refractivity contribution in [2.45, 2.75) is 51.9 Å². The topological polar surface area (TPSA) is 20.2 Å². The summed E-state index contributed by atoms with van der Waals surface area (Å²) in [6, 6.07) is 0. The molecule has 1 N–H and O–H groups in total. The third-order valence-corrected chi connectivity index (χ3v) is 1.37. The summed E-state index contributed by atoms with van der Waals surface area (Å²) in [5.41, 5.74) is 0. The van der Waals surface area contributed by atoms with Crippen molar-refractivity contribution in [3.05, 3.63) is 0 Å². The monoisotopic (exact) mass is 144 g/mol. The summed E-state index contributed by atoms with van der Waals surface area (Å²) in [7, 11) is 0. The Bertz CT molecular complexity index is 43.9. The van der Waals surface area contributed by atoms with Gasteiger partial charge in [0.15, 0.2) is 0 Å². The van der Waals surface area contributed by atoms with E-state index in [1.807, 2.05) is 0 Å². The minimum absolute atomic E-state index is 0.361. The lowest BCUT2D eigenvalue weighted by Crippen LogP contribution is -1.80. The van der Waals surface area contributed by atoms with Crippen LogP contribution >= 0.6 is 0 Å². The molecular formula is C9H20O. The van der Waals surface area contributed by atoms with Crippen LogP contribution in [0.15, 0.2) is 0 Å². The molecule has 1 aliphatic rings. The van der Waals surface area contributed by atoms with E-state index in [-0.39, 0.29) is 0 Å². The lowest BCUT2D eigenvalue weighted by Gasteiger charge is -1.90. The second-order valence-corrected chi connectivity index (χ2v) is 2.84. The minimum Gasteiger partial charge on any atom is -0.396 e. The van der Waals surface area contributed by atoms with E-state index < -0.39 is 0 Å². The highest BCUT2D eigenvalue weighted by atomic mass is 16.2. The Kier molecular flexibility index (Phi) is 8.92. The summed E-state index contributed by atoms with van der Waals surface area (Å²) < 4.78 is 0. The van der Waals surface area contributed by atoms with Gasteiger partial charge in [-0.3, -0.25) is 0 Å². The standard InChI is InChI=1S/C6H14O.C3H6/c1-2-3-4-5-6-7;1-2-3-1/h7H,2-6H2,1H3;1-3H2. The van der Waals surface area contributed by atoms with E-state index in [0.29, 0.717) is 6.61 Å². The Hall–Kier alpha value is -0.0400. The van der Waals surface area contributed by atoms with Crippen molar-refractivity contribution >= 4 is 0 Å². The van der Waals surface area contributed by atoms with Gasteiger partial charge in [-0.1, -0.05) is 45.4 Å². The Balaban J connectivity index is 0.000000219. The normalized spacial score (nSPS) is 13.8. The summed E-state index contributed by atoms with van der Waals surface area (Å²) in [6.07, 6.45) is 9.18. The molecule has 1 nitrogen and oxygen atoms in total. The number of hydrogen-bond acceptors (Lipinski definition) is 1. The minimum atomic E-state index is 0.361. The summed E-state index contributed by atoms with van der Waals surface area (Å²) in [5.74, 6) is 0. The van der Waals surface area contributed by atoms with Gasteiger partial charge in [0.1, 0.15) is 0 Å². The highest BCUT2D eigenvalue weighted by Crippen LogP contribution is 2.14. The first kappa shape index (κ1) is 9.96. The molecule has 0 saturated heterocycles. The maximum absolute atomic E-state index is 8.29. The fourth-order valence-electron chi connectivity index (χ4n) is 0.539. The number of aliphatic hydroxyl groups excluding tert-OH is 1. The maximum Gasteiger partial charge on any atom is 0.0431 e. The van der Waals surface area contributed by atoms with Crippen molar-refractivity contribution in [2.24, 2.45) is 0 Å². The molecule has 62 valence electrons.